The molecule has 180 valence electrons. The highest BCUT2D eigenvalue weighted by molar-refractivity contribution is 6.03. The molecule has 0 amide bonds. The Morgan fingerprint density at radius 2 is 1.94 bits per heavy atom. The maximum absolute atomic E-state index is 14.1. The molecular weight excluding hydrogens is 429 g/mol. The van der Waals surface area contributed by atoms with E-state index in [1.165, 1.54) is 12.5 Å². The number of carbonyl (C=O) groups is 1. The molecule has 0 spiro atoms. The number of benzene rings is 1. The van der Waals surface area contributed by atoms with Gasteiger partial charge in [0, 0.05) is 68.3 Å². The number of carbonyl (C=O) groups excluding carboxylic acids is 1. The lowest BCUT2D eigenvalue weighted by Gasteiger charge is -2.46. The molecule has 0 aliphatic carbocycles. The summed E-state index contributed by atoms with van der Waals surface area (Å²) in [6, 6.07) is 9.34. The second-order valence-corrected chi connectivity index (χ2v) is 10.6. The van der Waals surface area contributed by atoms with Crippen molar-refractivity contribution in [1.29, 1.82) is 0 Å². The lowest BCUT2D eigenvalue weighted by atomic mass is 9.93. The van der Waals surface area contributed by atoms with Gasteiger partial charge in [-0.15, -0.1) is 0 Å². The number of rotatable bonds is 6. The first-order valence-corrected chi connectivity index (χ1v) is 12.3. The van der Waals surface area contributed by atoms with Gasteiger partial charge in [0.2, 0.25) is 0 Å². The number of aromatic nitrogens is 2. The molecule has 2 atom stereocenters. The summed E-state index contributed by atoms with van der Waals surface area (Å²) in [5.74, 6) is 0.749. The normalized spacial score (nSPS) is 21.7. The number of aldehydes is 1. The van der Waals surface area contributed by atoms with Crippen molar-refractivity contribution < 1.29 is 9.18 Å². The van der Waals surface area contributed by atoms with Crippen LogP contribution < -0.4 is 9.80 Å². The van der Waals surface area contributed by atoms with Gasteiger partial charge in [0.15, 0.2) is 0 Å². The molecule has 6 nitrogen and oxygen atoms in total. The molecule has 2 fully saturated rings. The number of piperazine rings is 1. The third-order valence-corrected chi connectivity index (χ3v) is 7.28. The third kappa shape index (κ3) is 4.06. The number of anilines is 2. The van der Waals surface area contributed by atoms with Gasteiger partial charge < -0.3 is 19.2 Å². The van der Waals surface area contributed by atoms with Gasteiger partial charge in [-0.3, -0.25) is 4.90 Å². The van der Waals surface area contributed by atoms with Crippen LogP contribution in [0.3, 0.4) is 0 Å². The van der Waals surface area contributed by atoms with Gasteiger partial charge in [0.05, 0.1) is 16.6 Å². The minimum absolute atomic E-state index is 0.240. The van der Waals surface area contributed by atoms with Crippen LogP contribution in [0, 0.1) is 11.2 Å². The molecule has 0 bridgehead atoms. The number of fused-ring (bicyclic) bond motifs is 1. The maximum Gasteiger partial charge on any atom is 0.140 e. The summed E-state index contributed by atoms with van der Waals surface area (Å²) in [4.78, 5) is 23.6. The van der Waals surface area contributed by atoms with Crippen LogP contribution in [0.4, 0.5) is 15.9 Å². The Labute approximate surface area is 201 Å². The van der Waals surface area contributed by atoms with Crippen LogP contribution in [0.2, 0.25) is 0 Å². The Morgan fingerprint density at radius 1 is 1.15 bits per heavy atom. The van der Waals surface area contributed by atoms with Crippen molar-refractivity contribution in [2.24, 2.45) is 5.41 Å². The second-order valence-electron chi connectivity index (χ2n) is 10.6. The highest BCUT2D eigenvalue weighted by Crippen LogP contribution is 2.40. The summed E-state index contributed by atoms with van der Waals surface area (Å²) >= 11 is 0. The number of halogens is 1. The van der Waals surface area contributed by atoms with Crippen molar-refractivity contribution in [3.05, 3.63) is 48.5 Å². The Balaban J connectivity index is 1.56. The first-order chi connectivity index (χ1) is 16.3. The molecule has 2 aliphatic heterocycles. The molecule has 34 heavy (non-hydrogen) atoms. The van der Waals surface area contributed by atoms with E-state index in [-0.39, 0.29) is 17.3 Å². The monoisotopic (exact) mass is 463 g/mol. The zero-order valence-corrected chi connectivity index (χ0v) is 20.5. The van der Waals surface area contributed by atoms with Crippen molar-refractivity contribution >= 4 is 28.7 Å². The zero-order valence-electron chi connectivity index (χ0n) is 20.5. The van der Waals surface area contributed by atoms with E-state index in [1.807, 2.05) is 32.2 Å². The zero-order chi connectivity index (χ0) is 24.0. The summed E-state index contributed by atoms with van der Waals surface area (Å²) < 4.78 is 16.2. The first kappa shape index (κ1) is 22.8. The Hall–Kier alpha value is -2.93. The molecule has 0 saturated carbocycles. The Kier molecular flexibility index (Phi) is 5.84. The van der Waals surface area contributed by atoms with E-state index in [0.29, 0.717) is 6.04 Å². The summed E-state index contributed by atoms with van der Waals surface area (Å²) in [6.07, 6.45) is 6.25. The predicted octanol–water partition coefficient (Wildman–Crippen LogP) is 4.50. The van der Waals surface area contributed by atoms with Gasteiger partial charge in [-0.2, -0.15) is 0 Å². The van der Waals surface area contributed by atoms with Crippen molar-refractivity contribution in [1.82, 2.24) is 14.5 Å². The van der Waals surface area contributed by atoms with Crippen molar-refractivity contribution in [3.8, 4) is 5.69 Å². The summed E-state index contributed by atoms with van der Waals surface area (Å²) in [5, 5.41) is 1.13. The summed E-state index contributed by atoms with van der Waals surface area (Å²) in [6.45, 7) is 13.0. The van der Waals surface area contributed by atoms with Crippen LogP contribution in [-0.4, -0.2) is 65.5 Å². The average molecular weight is 464 g/mol. The molecule has 7 heteroatoms. The van der Waals surface area contributed by atoms with Gasteiger partial charge in [0.1, 0.15) is 17.9 Å². The lowest BCUT2D eigenvalue weighted by Crippen LogP contribution is -2.58. The van der Waals surface area contributed by atoms with Crippen molar-refractivity contribution in [2.45, 2.75) is 46.2 Å². The van der Waals surface area contributed by atoms with E-state index in [1.54, 1.807) is 12.1 Å². The minimum atomic E-state index is -0.360. The van der Waals surface area contributed by atoms with E-state index in [2.05, 4.69) is 39.3 Å². The molecule has 2 saturated heterocycles. The molecule has 5 rings (SSSR count). The first-order valence-electron chi connectivity index (χ1n) is 12.3. The number of hydrogen-bond donors (Lipinski definition) is 0. The van der Waals surface area contributed by atoms with Crippen LogP contribution in [-0.2, 0) is 4.79 Å². The smallest absolute Gasteiger partial charge is 0.140 e. The molecule has 0 N–H and O–H groups in total. The fraction of sp³-hybridized carbons (Fsp3) is 0.481. The van der Waals surface area contributed by atoms with Gasteiger partial charge in [0.25, 0.3) is 0 Å². The Morgan fingerprint density at radius 3 is 2.62 bits per heavy atom. The average Bonchev–Trinajstić information content (AvgIpc) is 3.14. The van der Waals surface area contributed by atoms with Gasteiger partial charge >= 0.3 is 0 Å². The summed E-state index contributed by atoms with van der Waals surface area (Å²) in [7, 11) is 0. The van der Waals surface area contributed by atoms with Gasteiger partial charge in [-0.25, -0.2) is 9.37 Å². The van der Waals surface area contributed by atoms with Gasteiger partial charge in [-0.05, 0) is 44.5 Å². The van der Waals surface area contributed by atoms with Crippen LogP contribution in [0.1, 0.15) is 34.1 Å². The fourth-order valence-electron chi connectivity index (χ4n) is 5.27. The quantitative estimate of drug-likeness (QED) is 0.504. The van der Waals surface area contributed by atoms with E-state index < -0.39 is 0 Å². The van der Waals surface area contributed by atoms with Crippen LogP contribution in [0.15, 0.2) is 42.7 Å². The number of nitrogens with zero attached hydrogens (tertiary/aromatic N) is 5. The number of hydrogen-bond acceptors (Lipinski definition) is 5. The van der Waals surface area contributed by atoms with Crippen LogP contribution >= 0.6 is 0 Å². The topological polar surface area (TPSA) is 44.6 Å². The second kappa shape index (κ2) is 8.69. The molecule has 2 aliphatic rings. The third-order valence-electron chi connectivity index (χ3n) is 7.28. The number of pyridine rings is 1. The van der Waals surface area contributed by atoms with E-state index in [9.17, 15) is 9.18 Å². The molecule has 0 unspecified atom stereocenters. The van der Waals surface area contributed by atoms with E-state index >= 15 is 0 Å². The maximum atomic E-state index is 14.1. The minimum Gasteiger partial charge on any atom is -0.370 e. The van der Waals surface area contributed by atoms with Crippen LogP contribution in [0.25, 0.3) is 16.6 Å². The molecule has 3 aromatic rings. The standard InChI is InChI=1S/C27H34FN5O/c1-19-15-32(20(2)14-31(19)17-27(3,4)18-34)26-25-23(9-10-29-26)33(16-24(25)30-11-6-12-30)22-8-5-7-21(28)13-22/h5,7-10,13,16,18-20H,6,11-12,14-15,17H2,1-4H3/t19-,20+/m1/s1. The predicted molar refractivity (Wildman–Crippen MR) is 136 cm³/mol. The Bertz CT molecular complexity index is 1200. The van der Waals surface area contributed by atoms with Crippen LogP contribution in [0.5, 0.6) is 0 Å². The van der Waals surface area contributed by atoms with E-state index in [4.69, 9.17) is 4.98 Å². The molecule has 1 aromatic carbocycles. The van der Waals surface area contributed by atoms with E-state index in [0.717, 1.165) is 67.1 Å². The highest BCUT2D eigenvalue weighted by atomic mass is 19.1. The summed E-state index contributed by atoms with van der Waals surface area (Å²) in [5.41, 5.74) is 2.66. The largest absolute Gasteiger partial charge is 0.370 e. The fourth-order valence-corrected chi connectivity index (χ4v) is 5.27. The molecule has 0 radical (unpaired) electrons. The molecule has 2 aromatic heterocycles. The lowest BCUT2D eigenvalue weighted by molar-refractivity contribution is -0.116. The van der Waals surface area contributed by atoms with Crippen molar-refractivity contribution in [3.63, 3.8) is 0 Å². The van der Waals surface area contributed by atoms with Crippen molar-refractivity contribution in [2.75, 3.05) is 42.5 Å². The SMILES string of the molecule is C[C@@H]1CN(c2nccc3c2c(N2CCC2)cn3-c2cccc(F)c2)[C@@H](C)CN1CC(C)(C)C=O. The van der Waals surface area contributed by atoms with Gasteiger partial charge in [-0.1, -0.05) is 19.9 Å². The highest BCUT2D eigenvalue weighted by Gasteiger charge is 2.35. The molecular formula is C27H34FN5O. The molecule has 4 heterocycles.